The predicted octanol–water partition coefficient (Wildman–Crippen LogP) is 4.09. The molecular weight excluding hydrogens is 521 g/mol. The highest BCUT2D eigenvalue weighted by atomic mass is 19.4. The Bertz CT molecular complexity index is 1420. The number of benzene rings is 2. The highest BCUT2D eigenvalue weighted by Gasteiger charge is 2.32. The number of alkyl halides is 3. The minimum absolute atomic E-state index is 0.0651. The molecule has 0 radical (unpaired) electrons. The normalized spacial score (nSPS) is 15.2. The fourth-order valence-corrected chi connectivity index (χ4v) is 4.64. The van der Waals surface area contributed by atoms with Crippen LogP contribution < -0.4 is 26.8 Å². The molecule has 0 saturated carbocycles. The number of aryl methyl sites for hydroxylation is 2. The number of likely N-dealkylation sites (N-methyl/N-ethyl adjacent to an activating group) is 1. The van der Waals surface area contributed by atoms with Crippen molar-refractivity contribution in [1.82, 2.24) is 14.7 Å². The van der Waals surface area contributed by atoms with Crippen molar-refractivity contribution in [2.75, 3.05) is 48.5 Å². The summed E-state index contributed by atoms with van der Waals surface area (Å²) in [4.78, 5) is 17.3. The SMILES string of the molecule is Cc1ccc(C(=O)Nc2cc(N3CCCN(C)CC3)cc(C(F)(F)F)c2)cc1N(N)/C=C(\N)c1cnn(C)c1C. The molecule has 40 heavy (non-hydrogen) atoms. The Morgan fingerprint density at radius 1 is 1.07 bits per heavy atom. The van der Waals surface area contributed by atoms with E-state index < -0.39 is 17.6 Å². The Balaban J connectivity index is 1.60. The van der Waals surface area contributed by atoms with Gasteiger partial charge in [0.2, 0.25) is 0 Å². The number of nitrogens with zero attached hydrogens (tertiary/aromatic N) is 5. The molecule has 5 N–H and O–H groups in total. The van der Waals surface area contributed by atoms with Crippen LogP contribution in [-0.2, 0) is 13.2 Å². The maximum absolute atomic E-state index is 13.8. The molecule has 2 aromatic carbocycles. The van der Waals surface area contributed by atoms with Gasteiger partial charge in [-0.25, -0.2) is 5.84 Å². The Morgan fingerprint density at radius 3 is 2.50 bits per heavy atom. The van der Waals surface area contributed by atoms with Crippen LogP contribution in [0.2, 0.25) is 0 Å². The van der Waals surface area contributed by atoms with E-state index in [0.717, 1.165) is 48.5 Å². The van der Waals surface area contributed by atoms with Gasteiger partial charge < -0.3 is 20.9 Å². The second kappa shape index (κ2) is 11.6. The lowest BCUT2D eigenvalue weighted by Gasteiger charge is -2.25. The maximum Gasteiger partial charge on any atom is 0.416 e. The summed E-state index contributed by atoms with van der Waals surface area (Å²) in [6.07, 6.45) is -0.561. The Morgan fingerprint density at radius 2 is 1.82 bits per heavy atom. The molecule has 3 aromatic rings. The number of hydrogen-bond donors (Lipinski definition) is 3. The van der Waals surface area contributed by atoms with Crippen LogP contribution in [0.5, 0.6) is 0 Å². The van der Waals surface area contributed by atoms with Crippen LogP contribution in [0, 0.1) is 13.8 Å². The van der Waals surface area contributed by atoms with Gasteiger partial charge in [0.1, 0.15) is 0 Å². The first-order valence-electron chi connectivity index (χ1n) is 12.9. The highest BCUT2D eigenvalue weighted by Crippen LogP contribution is 2.35. The largest absolute Gasteiger partial charge is 0.416 e. The zero-order valence-corrected chi connectivity index (χ0v) is 23.1. The summed E-state index contributed by atoms with van der Waals surface area (Å²) in [7, 11) is 3.79. The first-order chi connectivity index (χ1) is 18.8. The van der Waals surface area contributed by atoms with E-state index in [2.05, 4.69) is 15.3 Å². The number of carbonyl (C=O) groups excluding carboxylic acids is 1. The summed E-state index contributed by atoms with van der Waals surface area (Å²) in [5.74, 6) is 5.73. The summed E-state index contributed by atoms with van der Waals surface area (Å²) in [6.45, 7) is 6.53. The fourth-order valence-electron chi connectivity index (χ4n) is 4.64. The first kappa shape index (κ1) is 29.0. The smallest absolute Gasteiger partial charge is 0.397 e. The van der Waals surface area contributed by atoms with Gasteiger partial charge in [0.25, 0.3) is 5.91 Å². The van der Waals surface area contributed by atoms with Crippen molar-refractivity contribution in [3.63, 3.8) is 0 Å². The van der Waals surface area contributed by atoms with E-state index >= 15 is 0 Å². The Hall–Kier alpha value is -4.03. The monoisotopic (exact) mass is 556 g/mol. The molecule has 214 valence electrons. The number of nitrogens with one attached hydrogen (secondary N) is 1. The van der Waals surface area contributed by atoms with Gasteiger partial charge in [-0.05, 0) is 69.8 Å². The van der Waals surface area contributed by atoms with Crippen molar-refractivity contribution >= 4 is 28.7 Å². The molecule has 1 saturated heterocycles. The first-order valence-corrected chi connectivity index (χ1v) is 12.9. The van der Waals surface area contributed by atoms with Crippen LogP contribution in [0.1, 0.15) is 39.2 Å². The molecule has 4 rings (SSSR count). The number of halogens is 3. The van der Waals surface area contributed by atoms with Gasteiger partial charge in [-0.15, -0.1) is 0 Å². The lowest BCUT2D eigenvalue weighted by atomic mass is 10.1. The number of anilines is 3. The summed E-state index contributed by atoms with van der Waals surface area (Å²) in [6, 6.07) is 8.56. The van der Waals surface area contributed by atoms with E-state index in [-0.39, 0.29) is 11.3 Å². The average molecular weight is 557 g/mol. The Labute approximate surface area is 231 Å². The molecule has 1 aromatic heterocycles. The average Bonchev–Trinajstić information content (AvgIpc) is 3.08. The lowest BCUT2D eigenvalue weighted by Crippen LogP contribution is -2.29. The molecule has 0 spiro atoms. The van der Waals surface area contributed by atoms with Crippen molar-refractivity contribution < 1.29 is 18.0 Å². The van der Waals surface area contributed by atoms with Gasteiger partial charge in [-0.1, -0.05) is 6.07 Å². The van der Waals surface area contributed by atoms with Gasteiger partial charge in [-0.3, -0.25) is 14.5 Å². The zero-order chi connectivity index (χ0) is 29.2. The summed E-state index contributed by atoms with van der Waals surface area (Å²) in [5, 5.41) is 8.15. The Kier molecular flexibility index (Phi) is 8.40. The zero-order valence-electron chi connectivity index (χ0n) is 23.1. The van der Waals surface area contributed by atoms with E-state index in [4.69, 9.17) is 11.6 Å². The molecule has 0 bridgehead atoms. The van der Waals surface area contributed by atoms with Crippen LogP contribution >= 0.6 is 0 Å². The van der Waals surface area contributed by atoms with Gasteiger partial charge in [-0.2, -0.15) is 18.3 Å². The molecular formula is C28H35F3N8O. The van der Waals surface area contributed by atoms with Gasteiger partial charge in [0, 0.05) is 61.1 Å². The van der Waals surface area contributed by atoms with Crippen LogP contribution in [0.4, 0.5) is 30.2 Å². The number of hydrogen-bond acceptors (Lipinski definition) is 7. The molecule has 12 heteroatoms. The van der Waals surface area contributed by atoms with Crippen LogP contribution in [0.15, 0.2) is 48.8 Å². The molecule has 2 heterocycles. The predicted molar refractivity (Wildman–Crippen MR) is 152 cm³/mol. The van der Waals surface area contributed by atoms with E-state index in [0.29, 0.717) is 30.2 Å². The van der Waals surface area contributed by atoms with E-state index in [1.807, 2.05) is 25.8 Å². The van der Waals surface area contributed by atoms with Crippen molar-refractivity contribution in [3.8, 4) is 0 Å². The van der Waals surface area contributed by atoms with E-state index in [1.165, 1.54) is 11.2 Å². The van der Waals surface area contributed by atoms with Crippen LogP contribution in [-0.4, -0.2) is 53.8 Å². The second-order valence-corrected chi connectivity index (χ2v) is 10.1. The minimum Gasteiger partial charge on any atom is -0.397 e. The number of hydrazine groups is 1. The summed E-state index contributed by atoms with van der Waals surface area (Å²) in [5.41, 5.74) is 9.41. The molecule has 0 aliphatic carbocycles. The van der Waals surface area contributed by atoms with Crippen LogP contribution in [0.25, 0.3) is 5.70 Å². The lowest BCUT2D eigenvalue weighted by molar-refractivity contribution is -0.137. The van der Waals surface area contributed by atoms with Crippen molar-refractivity contribution in [3.05, 3.63) is 76.7 Å². The third kappa shape index (κ3) is 6.57. The number of rotatable bonds is 6. The quantitative estimate of drug-likeness (QED) is 0.310. The van der Waals surface area contributed by atoms with Crippen molar-refractivity contribution in [2.45, 2.75) is 26.4 Å². The van der Waals surface area contributed by atoms with Crippen molar-refractivity contribution in [2.24, 2.45) is 18.6 Å². The van der Waals surface area contributed by atoms with Crippen LogP contribution in [0.3, 0.4) is 0 Å². The molecule has 1 aliphatic heterocycles. The molecule has 1 amide bonds. The number of amides is 1. The minimum atomic E-state index is -4.56. The fraction of sp³-hybridized carbons (Fsp3) is 0.357. The van der Waals surface area contributed by atoms with Gasteiger partial charge in [0.05, 0.1) is 23.1 Å². The third-order valence-electron chi connectivity index (χ3n) is 7.16. The van der Waals surface area contributed by atoms with Gasteiger partial charge in [0.15, 0.2) is 0 Å². The number of carbonyl (C=O) groups is 1. The maximum atomic E-state index is 13.8. The third-order valence-corrected chi connectivity index (χ3v) is 7.16. The molecule has 0 atom stereocenters. The van der Waals surface area contributed by atoms with Crippen molar-refractivity contribution in [1.29, 1.82) is 0 Å². The summed E-state index contributed by atoms with van der Waals surface area (Å²) >= 11 is 0. The van der Waals surface area contributed by atoms with E-state index in [9.17, 15) is 18.0 Å². The molecule has 1 aliphatic rings. The topological polar surface area (TPSA) is 109 Å². The number of aromatic nitrogens is 2. The number of nitrogens with two attached hydrogens (primary N) is 2. The molecule has 9 nitrogen and oxygen atoms in total. The standard InChI is InChI=1S/C28H35F3N8O/c1-18-6-7-20(12-26(18)39(33)17-25(32)24-16-34-37(4)19(24)2)27(40)35-22-13-21(28(29,30)31)14-23(15-22)38-9-5-8-36(3)10-11-38/h6-7,12-17H,5,8-11,32-33H2,1-4H3,(H,35,40)/b25-17-. The summed E-state index contributed by atoms with van der Waals surface area (Å²) < 4.78 is 43.0. The highest BCUT2D eigenvalue weighted by molar-refractivity contribution is 6.05. The molecule has 1 fully saturated rings. The second-order valence-electron chi connectivity index (χ2n) is 10.1. The van der Waals surface area contributed by atoms with Gasteiger partial charge >= 0.3 is 6.18 Å². The molecule has 0 unspecified atom stereocenters. The van der Waals surface area contributed by atoms with E-state index in [1.54, 1.807) is 42.2 Å².